The lowest BCUT2D eigenvalue weighted by Gasteiger charge is -2.35. The lowest BCUT2D eigenvalue weighted by Crippen LogP contribution is -2.48. The lowest BCUT2D eigenvalue weighted by molar-refractivity contribution is -0.384. The summed E-state index contributed by atoms with van der Waals surface area (Å²) in [6.07, 6.45) is 1.63. The van der Waals surface area contributed by atoms with E-state index in [1.54, 1.807) is 17.0 Å². The Morgan fingerprint density at radius 1 is 1.06 bits per heavy atom. The van der Waals surface area contributed by atoms with E-state index in [2.05, 4.69) is 19.2 Å². The number of carbonyl (C=O) groups is 2. The van der Waals surface area contributed by atoms with Crippen LogP contribution in [0.4, 0.5) is 11.4 Å². The zero-order valence-corrected chi connectivity index (χ0v) is 20.6. The molecule has 34 heavy (non-hydrogen) atoms. The largest absolute Gasteiger partial charge is 0.362 e. The molecule has 1 aliphatic rings. The number of hydrogen-bond acceptors (Lipinski definition) is 5. The fourth-order valence-electron chi connectivity index (χ4n) is 4.51. The summed E-state index contributed by atoms with van der Waals surface area (Å²) in [4.78, 5) is 39.5. The van der Waals surface area contributed by atoms with Gasteiger partial charge in [0.25, 0.3) is 11.6 Å². The standard InChI is InChI=1S/C25H31ClN4O4/c1-4-25(5-2,20-7-9-21(26)10-8-20)17-27-24(32)19-6-11-22(23(16-19)30(33)34)29-14-12-28(13-15-29)18(3)31/h6-11,16H,4-5,12-15,17H2,1-3H3,(H,27,32). The number of nitrogens with one attached hydrogen (secondary N) is 1. The van der Waals surface area contributed by atoms with Crippen molar-refractivity contribution in [2.75, 3.05) is 37.6 Å². The van der Waals surface area contributed by atoms with Crippen LogP contribution < -0.4 is 10.2 Å². The molecule has 8 nitrogen and oxygen atoms in total. The summed E-state index contributed by atoms with van der Waals surface area (Å²) in [5.74, 6) is -0.355. The molecule has 0 aromatic heterocycles. The first-order valence-corrected chi connectivity index (χ1v) is 11.9. The molecular formula is C25H31ClN4O4. The molecule has 2 amide bonds. The Labute approximate surface area is 205 Å². The molecular weight excluding hydrogens is 456 g/mol. The van der Waals surface area contributed by atoms with E-state index < -0.39 is 4.92 Å². The second-order valence-corrected chi connectivity index (χ2v) is 9.07. The first kappa shape index (κ1) is 25.5. The van der Waals surface area contributed by atoms with E-state index in [0.29, 0.717) is 43.4 Å². The molecule has 2 aromatic rings. The van der Waals surface area contributed by atoms with Gasteiger partial charge in [-0.3, -0.25) is 19.7 Å². The van der Waals surface area contributed by atoms with Crippen molar-refractivity contribution in [2.45, 2.75) is 39.0 Å². The summed E-state index contributed by atoms with van der Waals surface area (Å²) in [6, 6.07) is 12.2. The number of nitro groups is 1. The number of benzene rings is 2. The number of nitrogens with zero attached hydrogens (tertiary/aromatic N) is 3. The first-order chi connectivity index (χ1) is 16.2. The molecule has 1 N–H and O–H groups in total. The van der Waals surface area contributed by atoms with Gasteiger partial charge in [-0.1, -0.05) is 37.6 Å². The van der Waals surface area contributed by atoms with Gasteiger partial charge in [-0.2, -0.15) is 0 Å². The highest BCUT2D eigenvalue weighted by molar-refractivity contribution is 6.30. The van der Waals surface area contributed by atoms with Gasteiger partial charge >= 0.3 is 0 Å². The van der Waals surface area contributed by atoms with Crippen LogP contribution in [-0.4, -0.2) is 54.4 Å². The number of nitro benzene ring substituents is 1. The van der Waals surface area contributed by atoms with E-state index in [0.717, 1.165) is 18.4 Å². The Hall–Kier alpha value is -3.13. The molecule has 182 valence electrons. The maximum Gasteiger partial charge on any atom is 0.293 e. The van der Waals surface area contributed by atoms with E-state index in [4.69, 9.17) is 11.6 Å². The second kappa shape index (κ2) is 10.9. The molecule has 1 saturated heterocycles. The molecule has 1 aliphatic heterocycles. The van der Waals surface area contributed by atoms with E-state index in [-0.39, 0.29) is 28.5 Å². The zero-order chi connectivity index (χ0) is 24.9. The van der Waals surface area contributed by atoms with Gasteiger partial charge in [0, 0.05) is 61.7 Å². The maximum atomic E-state index is 13.0. The molecule has 0 atom stereocenters. The molecule has 1 heterocycles. The Kier molecular flexibility index (Phi) is 8.15. The summed E-state index contributed by atoms with van der Waals surface area (Å²) >= 11 is 6.04. The molecule has 0 bridgehead atoms. The average molecular weight is 487 g/mol. The van der Waals surface area contributed by atoms with Crippen LogP contribution in [-0.2, 0) is 10.2 Å². The number of rotatable bonds is 8. The summed E-state index contributed by atoms with van der Waals surface area (Å²) in [7, 11) is 0. The monoisotopic (exact) mass is 486 g/mol. The smallest absolute Gasteiger partial charge is 0.293 e. The maximum absolute atomic E-state index is 13.0. The minimum atomic E-state index is -0.459. The van der Waals surface area contributed by atoms with Gasteiger partial charge in [0.2, 0.25) is 5.91 Å². The minimum Gasteiger partial charge on any atom is -0.362 e. The fourth-order valence-corrected chi connectivity index (χ4v) is 4.63. The SMILES string of the molecule is CCC(CC)(CNC(=O)c1ccc(N2CCN(C(C)=O)CC2)c([N+](=O)[O-])c1)c1ccc(Cl)cc1. The highest BCUT2D eigenvalue weighted by Crippen LogP contribution is 2.33. The van der Waals surface area contributed by atoms with Crippen LogP contribution in [0.3, 0.4) is 0 Å². The van der Waals surface area contributed by atoms with Crippen molar-refractivity contribution < 1.29 is 14.5 Å². The molecule has 9 heteroatoms. The number of anilines is 1. The van der Waals surface area contributed by atoms with Crippen LogP contribution >= 0.6 is 11.6 Å². The Morgan fingerprint density at radius 3 is 2.21 bits per heavy atom. The van der Waals surface area contributed by atoms with Crippen LogP contribution in [0.2, 0.25) is 5.02 Å². The van der Waals surface area contributed by atoms with Crippen molar-refractivity contribution in [1.29, 1.82) is 0 Å². The molecule has 1 fully saturated rings. The summed E-state index contributed by atoms with van der Waals surface area (Å²) < 4.78 is 0. The van der Waals surface area contributed by atoms with Crippen LogP contribution in [0.25, 0.3) is 0 Å². The number of halogens is 1. The average Bonchev–Trinajstić information content (AvgIpc) is 2.85. The predicted octanol–water partition coefficient (Wildman–Crippen LogP) is 4.40. The van der Waals surface area contributed by atoms with E-state index in [1.807, 2.05) is 29.2 Å². The van der Waals surface area contributed by atoms with Crippen molar-refractivity contribution in [3.05, 3.63) is 68.7 Å². The van der Waals surface area contributed by atoms with Gasteiger partial charge in [-0.15, -0.1) is 0 Å². The zero-order valence-electron chi connectivity index (χ0n) is 19.8. The lowest BCUT2D eigenvalue weighted by atomic mass is 9.75. The molecule has 0 saturated carbocycles. The van der Waals surface area contributed by atoms with Crippen LogP contribution in [0.15, 0.2) is 42.5 Å². The van der Waals surface area contributed by atoms with Crippen molar-refractivity contribution in [3.8, 4) is 0 Å². The van der Waals surface area contributed by atoms with Gasteiger partial charge in [0.15, 0.2) is 0 Å². The highest BCUT2D eigenvalue weighted by Gasteiger charge is 2.30. The third-order valence-electron chi connectivity index (χ3n) is 6.90. The minimum absolute atomic E-state index is 0.00463. The normalized spacial score (nSPS) is 14.1. The van der Waals surface area contributed by atoms with Crippen molar-refractivity contribution in [3.63, 3.8) is 0 Å². The second-order valence-electron chi connectivity index (χ2n) is 8.63. The van der Waals surface area contributed by atoms with E-state index >= 15 is 0 Å². The third kappa shape index (κ3) is 5.50. The van der Waals surface area contributed by atoms with Crippen molar-refractivity contribution in [1.82, 2.24) is 10.2 Å². The van der Waals surface area contributed by atoms with Crippen molar-refractivity contribution in [2.24, 2.45) is 0 Å². The number of carbonyl (C=O) groups excluding carboxylic acids is 2. The molecule has 2 aromatic carbocycles. The third-order valence-corrected chi connectivity index (χ3v) is 7.15. The number of hydrogen-bond donors (Lipinski definition) is 1. The number of amides is 2. The highest BCUT2D eigenvalue weighted by atomic mass is 35.5. The van der Waals surface area contributed by atoms with Gasteiger partial charge in [0.1, 0.15) is 5.69 Å². The Morgan fingerprint density at radius 2 is 1.68 bits per heavy atom. The molecule has 0 aliphatic carbocycles. The molecule has 3 rings (SSSR count). The summed E-state index contributed by atoms with van der Waals surface area (Å²) in [6.45, 7) is 8.11. The number of piperazine rings is 1. The van der Waals surface area contributed by atoms with E-state index in [9.17, 15) is 19.7 Å². The van der Waals surface area contributed by atoms with Gasteiger partial charge in [0.05, 0.1) is 4.92 Å². The topological polar surface area (TPSA) is 95.8 Å². The van der Waals surface area contributed by atoms with Crippen molar-refractivity contribution >= 4 is 34.8 Å². The molecule has 0 radical (unpaired) electrons. The summed E-state index contributed by atoms with van der Waals surface area (Å²) in [5.41, 5.74) is 1.42. The quantitative estimate of drug-likeness (QED) is 0.440. The predicted molar refractivity (Wildman–Crippen MR) is 134 cm³/mol. The van der Waals surface area contributed by atoms with E-state index in [1.165, 1.54) is 13.0 Å². The summed E-state index contributed by atoms with van der Waals surface area (Å²) in [5, 5.41) is 15.4. The van der Waals surface area contributed by atoms with Crippen LogP contribution in [0.5, 0.6) is 0 Å². The molecule has 0 spiro atoms. The fraction of sp³-hybridized carbons (Fsp3) is 0.440. The van der Waals surface area contributed by atoms with Gasteiger partial charge < -0.3 is 15.1 Å². The van der Waals surface area contributed by atoms with Gasteiger partial charge in [-0.25, -0.2) is 0 Å². The molecule has 0 unspecified atom stereocenters. The Bertz CT molecular complexity index is 1050. The van der Waals surface area contributed by atoms with Crippen LogP contribution in [0.1, 0.15) is 49.5 Å². The van der Waals surface area contributed by atoms with Crippen LogP contribution in [0, 0.1) is 10.1 Å². The van der Waals surface area contributed by atoms with Gasteiger partial charge in [-0.05, 0) is 42.7 Å². The first-order valence-electron chi connectivity index (χ1n) is 11.5. The Balaban J connectivity index is 1.77.